The van der Waals surface area contributed by atoms with Crippen LogP contribution in [0.1, 0.15) is 11.4 Å². The molecule has 1 heterocycles. The first-order chi connectivity index (χ1) is 10.9. The molecule has 0 radical (unpaired) electrons. The van der Waals surface area contributed by atoms with Crippen LogP contribution in [-0.2, 0) is 21.8 Å². The van der Waals surface area contributed by atoms with Crippen LogP contribution < -0.4 is 4.72 Å². The summed E-state index contributed by atoms with van der Waals surface area (Å²) in [7, 11) is -4.94. The second kappa shape index (κ2) is 5.71. The summed E-state index contributed by atoms with van der Waals surface area (Å²) in [6.45, 7) is -0.223. The molecule has 1 aromatic heterocycles. The van der Waals surface area contributed by atoms with Crippen LogP contribution in [0.25, 0.3) is 11.0 Å². The molecular weight excluding hydrogens is 324 g/mol. The van der Waals surface area contributed by atoms with Crippen molar-refractivity contribution >= 4 is 21.1 Å². The standard InChI is InChI=1S/C15H13F2N3O2S/c16-15(17,14-19-12-8-4-5-9-13(12)20-14)23(21,22)18-10-11-6-2-1-3-7-11/h1-9,18H,10H2,(H,19,20). The van der Waals surface area contributed by atoms with Crippen molar-refractivity contribution in [3.63, 3.8) is 0 Å². The zero-order chi connectivity index (χ0) is 16.5. The van der Waals surface area contributed by atoms with Gasteiger partial charge in [-0.15, -0.1) is 0 Å². The fourth-order valence-electron chi connectivity index (χ4n) is 2.08. The van der Waals surface area contributed by atoms with Crippen LogP contribution in [0.3, 0.4) is 0 Å². The van der Waals surface area contributed by atoms with Gasteiger partial charge in [0.25, 0.3) is 10.0 Å². The van der Waals surface area contributed by atoms with Crippen LogP contribution in [0.5, 0.6) is 0 Å². The van der Waals surface area contributed by atoms with Gasteiger partial charge in [-0.3, -0.25) is 0 Å². The zero-order valence-corrected chi connectivity index (χ0v) is 12.6. The molecule has 3 aromatic rings. The zero-order valence-electron chi connectivity index (χ0n) is 11.8. The number of hydrogen-bond acceptors (Lipinski definition) is 3. The second-order valence-electron chi connectivity index (χ2n) is 4.93. The number of hydrogen-bond donors (Lipinski definition) is 2. The summed E-state index contributed by atoms with van der Waals surface area (Å²) in [5.41, 5.74) is 1.21. The molecule has 0 spiro atoms. The lowest BCUT2D eigenvalue weighted by Crippen LogP contribution is -2.38. The Labute approximate surface area is 131 Å². The van der Waals surface area contributed by atoms with Crippen LogP contribution in [-0.4, -0.2) is 18.4 Å². The highest BCUT2D eigenvalue weighted by Gasteiger charge is 2.49. The number of halogens is 2. The highest BCUT2D eigenvalue weighted by Crippen LogP contribution is 2.32. The van der Waals surface area contributed by atoms with Gasteiger partial charge in [-0.05, 0) is 17.7 Å². The molecule has 0 atom stereocenters. The van der Waals surface area contributed by atoms with E-state index < -0.39 is 21.1 Å². The number of nitrogens with one attached hydrogen (secondary N) is 2. The van der Waals surface area contributed by atoms with Crippen LogP contribution in [0.2, 0.25) is 0 Å². The second-order valence-corrected chi connectivity index (χ2v) is 6.74. The van der Waals surface area contributed by atoms with Gasteiger partial charge in [-0.2, -0.15) is 8.78 Å². The first-order valence-corrected chi connectivity index (χ1v) is 8.25. The largest absolute Gasteiger partial charge is 0.415 e. The summed E-state index contributed by atoms with van der Waals surface area (Å²) < 4.78 is 54.5. The Bertz CT molecular complexity index is 891. The average molecular weight is 337 g/mol. The Balaban J connectivity index is 1.87. The van der Waals surface area contributed by atoms with E-state index >= 15 is 0 Å². The Hall–Kier alpha value is -2.32. The summed E-state index contributed by atoms with van der Waals surface area (Å²) in [6, 6.07) is 14.8. The van der Waals surface area contributed by atoms with E-state index in [1.165, 1.54) is 6.07 Å². The van der Waals surface area contributed by atoms with E-state index in [-0.39, 0.29) is 12.1 Å². The Kier molecular flexibility index (Phi) is 3.87. The molecule has 0 saturated carbocycles. The molecule has 0 fully saturated rings. The molecule has 0 saturated heterocycles. The van der Waals surface area contributed by atoms with Crippen molar-refractivity contribution in [3.8, 4) is 0 Å². The summed E-state index contributed by atoms with van der Waals surface area (Å²) >= 11 is 0. The number of benzene rings is 2. The lowest BCUT2D eigenvalue weighted by molar-refractivity contribution is 0.0798. The third kappa shape index (κ3) is 2.95. The fourth-order valence-corrected chi connectivity index (χ4v) is 2.97. The molecule has 2 N–H and O–H groups in total. The molecule has 0 aliphatic carbocycles. The molecule has 3 rings (SSSR count). The van der Waals surface area contributed by atoms with Gasteiger partial charge in [0, 0.05) is 6.54 Å². The number of sulfonamides is 1. The molecule has 0 aliphatic heterocycles. The first kappa shape index (κ1) is 15.6. The minimum absolute atomic E-state index is 0.223. The molecule has 23 heavy (non-hydrogen) atoms. The topological polar surface area (TPSA) is 74.8 Å². The quantitative estimate of drug-likeness (QED) is 0.752. The van der Waals surface area contributed by atoms with E-state index in [9.17, 15) is 17.2 Å². The minimum atomic E-state index is -4.94. The Morgan fingerprint density at radius 2 is 1.70 bits per heavy atom. The van der Waals surface area contributed by atoms with Gasteiger partial charge in [-0.1, -0.05) is 42.5 Å². The number of H-pyrrole nitrogens is 1. The Morgan fingerprint density at radius 3 is 2.39 bits per heavy atom. The number of rotatable bonds is 5. The maximum Gasteiger partial charge on any atom is 0.415 e. The number of para-hydroxylation sites is 2. The van der Waals surface area contributed by atoms with Gasteiger partial charge in [0.1, 0.15) is 0 Å². The third-order valence-corrected chi connectivity index (χ3v) is 4.70. The molecule has 0 amide bonds. The summed E-state index contributed by atoms with van der Waals surface area (Å²) in [5, 5.41) is -4.17. The maximum atomic E-state index is 14.3. The van der Waals surface area contributed by atoms with E-state index in [0.717, 1.165) is 0 Å². The van der Waals surface area contributed by atoms with Gasteiger partial charge in [0.15, 0.2) is 5.82 Å². The van der Waals surface area contributed by atoms with Gasteiger partial charge in [-0.25, -0.2) is 18.1 Å². The molecule has 8 heteroatoms. The SMILES string of the molecule is O=S(=O)(NCc1ccccc1)C(F)(F)c1nc2ccccc2[nH]1. The van der Waals surface area contributed by atoms with Crippen molar-refractivity contribution in [1.82, 2.24) is 14.7 Å². The van der Waals surface area contributed by atoms with E-state index in [0.29, 0.717) is 11.1 Å². The molecule has 120 valence electrons. The summed E-state index contributed by atoms with van der Waals surface area (Å²) in [5.74, 6) is -0.903. The van der Waals surface area contributed by atoms with Crippen molar-refractivity contribution < 1.29 is 17.2 Å². The normalized spacial score (nSPS) is 12.6. The highest BCUT2D eigenvalue weighted by atomic mass is 32.2. The predicted molar refractivity (Wildman–Crippen MR) is 82.2 cm³/mol. The van der Waals surface area contributed by atoms with Crippen LogP contribution >= 0.6 is 0 Å². The van der Waals surface area contributed by atoms with Crippen molar-refractivity contribution in [2.24, 2.45) is 0 Å². The first-order valence-electron chi connectivity index (χ1n) is 6.76. The van der Waals surface area contributed by atoms with Crippen LogP contribution in [0.15, 0.2) is 54.6 Å². The minimum Gasteiger partial charge on any atom is -0.336 e. The highest BCUT2D eigenvalue weighted by molar-refractivity contribution is 7.90. The summed E-state index contributed by atoms with van der Waals surface area (Å²) in [6.07, 6.45) is 0. The molecule has 0 unspecified atom stereocenters. The molecule has 2 aromatic carbocycles. The van der Waals surface area contributed by atoms with Crippen molar-refractivity contribution in [2.45, 2.75) is 11.8 Å². The molecule has 0 bridgehead atoms. The van der Waals surface area contributed by atoms with Crippen molar-refractivity contribution in [3.05, 3.63) is 66.0 Å². The van der Waals surface area contributed by atoms with Crippen LogP contribution in [0, 0.1) is 0 Å². The number of nitrogens with zero attached hydrogens (tertiary/aromatic N) is 1. The molecule has 0 aliphatic rings. The van der Waals surface area contributed by atoms with E-state index in [1.807, 2.05) is 4.72 Å². The third-order valence-electron chi connectivity index (χ3n) is 3.31. The van der Waals surface area contributed by atoms with Gasteiger partial charge >= 0.3 is 5.25 Å². The maximum absolute atomic E-state index is 14.3. The lowest BCUT2D eigenvalue weighted by atomic mass is 10.2. The fraction of sp³-hybridized carbons (Fsp3) is 0.133. The molecular formula is C15H13F2N3O2S. The van der Waals surface area contributed by atoms with Crippen molar-refractivity contribution in [2.75, 3.05) is 0 Å². The Morgan fingerprint density at radius 1 is 1.04 bits per heavy atom. The number of fused-ring (bicyclic) bond motifs is 1. The number of aromatic amines is 1. The smallest absolute Gasteiger partial charge is 0.336 e. The molecule has 5 nitrogen and oxygen atoms in total. The van der Waals surface area contributed by atoms with Crippen LogP contribution in [0.4, 0.5) is 8.78 Å². The van der Waals surface area contributed by atoms with Gasteiger partial charge < -0.3 is 4.98 Å². The number of aromatic nitrogens is 2. The van der Waals surface area contributed by atoms with Gasteiger partial charge in [0.05, 0.1) is 11.0 Å². The predicted octanol–water partition coefficient (Wildman–Crippen LogP) is 2.73. The van der Waals surface area contributed by atoms with E-state index in [1.54, 1.807) is 48.5 Å². The number of alkyl halides is 2. The number of imidazole rings is 1. The van der Waals surface area contributed by atoms with E-state index in [2.05, 4.69) is 9.97 Å². The van der Waals surface area contributed by atoms with Crippen molar-refractivity contribution in [1.29, 1.82) is 0 Å². The van der Waals surface area contributed by atoms with E-state index in [4.69, 9.17) is 0 Å². The average Bonchev–Trinajstić information content (AvgIpc) is 2.98. The monoisotopic (exact) mass is 337 g/mol. The lowest BCUT2D eigenvalue weighted by Gasteiger charge is -2.15. The van der Waals surface area contributed by atoms with Gasteiger partial charge in [0.2, 0.25) is 0 Å². The summed E-state index contributed by atoms with van der Waals surface area (Å²) in [4.78, 5) is 6.04.